The highest BCUT2D eigenvalue weighted by molar-refractivity contribution is 6.62. The second kappa shape index (κ2) is 10.8. The third-order valence-corrected chi connectivity index (χ3v) is 5.58. The van der Waals surface area contributed by atoms with E-state index in [1.54, 1.807) is 6.07 Å². The van der Waals surface area contributed by atoms with Gasteiger partial charge in [-0.3, -0.25) is 0 Å². The van der Waals surface area contributed by atoms with E-state index in [0.29, 0.717) is 5.46 Å². The van der Waals surface area contributed by atoms with Gasteiger partial charge in [-0.05, 0) is 57.4 Å². The van der Waals surface area contributed by atoms with Crippen LogP contribution in [0.5, 0.6) is 0 Å². The van der Waals surface area contributed by atoms with Crippen LogP contribution < -0.4 is 10.8 Å². The van der Waals surface area contributed by atoms with E-state index in [0.717, 1.165) is 12.3 Å². The first-order chi connectivity index (χ1) is 16.2. The molecule has 1 aliphatic heterocycles. The maximum atomic E-state index is 13.1. The van der Waals surface area contributed by atoms with E-state index in [4.69, 9.17) is 19.5 Å². The van der Waals surface area contributed by atoms with Gasteiger partial charge in [-0.25, -0.2) is 9.78 Å². The minimum absolute atomic E-state index is 0.0317. The number of carbonyl (C=O) groups excluding carboxylic acids is 1. The summed E-state index contributed by atoms with van der Waals surface area (Å²) in [6.45, 7) is 11.7. The van der Waals surface area contributed by atoms with E-state index < -0.39 is 36.2 Å². The van der Waals surface area contributed by atoms with Gasteiger partial charge < -0.3 is 24.8 Å². The molecule has 0 spiro atoms. The van der Waals surface area contributed by atoms with Gasteiger partial charge >= 0.3 is 19.3 Å². The van der Waals surface area contributed by atoms with E-state index >= 15 is 0 Å². The van der Waals surface area contributed by atoms with Crippen molar-refractivity contribution in [3.63, 3.8) is 0 Å². The first-order valence-electron chi connectivity index (χ1n) is 11.1. The number of anilines is 2. The van der Waals surface area contributed by atoms with Gasteiger partial charge in [0.05, 0.1) is 23.9 Å². The van der Waals surface area contributed by atoms with Crippen LogP contribution >= 0.6 is 0 Å². The van der Waals surface area contributed by atoms with Crippen LogP contribution in [0.4, 0.5) is 24.7 Å². The fourth-order valence-electron chi connectivity index (χ4n) is 3.13. The van der Waals surface area contributed by atoms with Crippen molar-refractivity contribution in [3.8, 4) is 0 Å². The van der Waals surface area contributed by atoms with Crippen LogP contribution in [0.3, 0.4) is 0 Å². The van der Waals surface area contributed by atoms with E-state index in [1.807, 2.05) is 27.7 Å². The smallest absolute Gasteiger partial charge is 0.465 e. The second-order valence-corrected chi connectivity index (χ2v) is 8.99. The highest BCUT2D eigenvalue weighted by atomic mass is 19.4. The summed E-state index contributed by atoms with van der Waals surface area (Å²) in [6, 6.07) is 6.45. The summed E-state index contributed by atoms with van der Waals surface area (Å²) in [6.07, 6.45) is -2.46. The van der Waals surface area contributed by atoms with Crippen LogP contribution in [0.15, 0.2) is 30.3 Å². The Labute approximate surface area is 204 Å². The van der Waals surface area contributed by atoms with Crippen molar-refractivity contribution in [2.45, 2.75) is 65.3 Å². The number of esters is 1. The Morgan fingerprint density at radius 1 is 1.17 bits per heavy atom. The van der Waals surface area contributed by atoms with Crippen molar-refractivity contribution >= 4 is 36.3 Å². The second-order valence-electron chi connectivity index (χ2n) is 8.99. The quantitative estimate of drug-likeness (QED) is 0.332. The summed E-state index contributed by atoms with van der Waals surface area (Å²) in [7, 11) is 0.345. The van der Waals surface area contributed by atoms with Crippen molar-refractivity contribution in [1.29, 1.82) is 5.41 Å². The molecular weight excluding hydrogens is 462 g/mol. The molecule has 11 heteroatoms. The van der Waals surface area contributed by atoms with Gasteiger partial charge in [-0.1, -0.05) is 26.3 Å². The first-order valence-corrected chi connectivity index (χ1v) is 11.1. The summed E-state index contributed by atoms with van der Waals surface area (Å²) >= 11 is 0. The van der Waals surface area contributed by atoms with Crippen LogP contribution in [0.25, 0.3) is 0 Å². The first kappa shape index (κ1) is 28.3. The molecule has 0 atom stereocenters. The zero-order chi connectivity index (χ0) is 26.6. The third-order valence-electron chi connectivity index (χ3n) is 5.58. The fraction of sp³-hybridized carbons (Fsp3) is 0.458. The number of benzene rings is 1. The number of nitrogens with one attached hydrogen (secondary N) is 2. The molecule has 1 aliphatic rings. The third kappa shape index (κ3) is 6.40. The standard InChI is InChI=1S/C21H23BF3N3O4.C3H8/c1-19(2)20(3,4)32-22(31-19)12-9-13(18(29)30-5)14(11-26)15(10-12)27-17-8-6-7-16(28-17)21(23,24)25;1-3-2/h6-11,26H,1-5H3,(H,27,28);3H2,1-2H3. The van der Waals surface area contributed by atoms with Gasteiger partial charge in [-0.15, -0.1) is 0 Å². The highest BCUT2D eigenvalue weighted by Gasteiger charge is 2.52. The molecule has 35 heavy (non-hydrogen) atoms. The molecule has 1 fully saturated rings. The lowest BCUT2D eigenvalue weighted by Gasteiger charge is -2.32. The van der Waals surface area contributed by atoms with Crippen molar-refractivity contribution in [2.75, 3.05) is 12.4 Å². The SMILES string of the molecule is CCC.COC(=O)c1cc(B2OC(C)(C)C(C)(C)O2)cc(Nc2cccc(C(F)(F)F)n2)c1C=N. The molecule has 0 aliphatic carbocycles. The van der Waals surface area contributed by atoms with Crippen LogP contribution in [-0.4, -0.2) is 42.6 Å². The van der Waals surface area contributed by atoms with Gasteiger partial charge in [0.1, 0.15) is 11.5 Å². The Morgan fingerprint density at radius 3 is 2.23 bits per heavy atom. The number of methoxy groups -OCH3 is 1. The summed E-state index contributed by atoms with van der Waals surface area (Å²) in [5, 5.41) is 10.6. The van der Waals surface area contributed by atoms with Crippen molar-refractivity contribution in [3.05, 3.63) is 47.2 Å². The molecule has 3 rings (SSSR count). The minimum Gasteiger partial charge on any atom is -0.465 e. The molecule has 190 valence electrons. The lowest BCUT2D eigenvalue weighted by atomic mass is 9.77. The summed E-state index contributed by atoms with van der Waals surface area (Å²) in [5.74, 6) is -0.827. The number of hydrogen-bond acceptors (Lipinski definition) is 7. The number of rotatable bonds is 5. The number of halogens is 3. The minimum atomic E-state index is -4.62. The monoisotopic (exact) mass is 493 g/mol. The van der Waals surface area contributed by atoms with Crippen LogP contribution in [0, 0.1) is 5.41 Å². The van der Waals surface area contributed by atoms with E-state index in [1.165, 1.54) is 31.7 Å². The van der Waals surface area contributed by atoms with Gasteiger partial charge in [0.2, 0.25) is 0 Å². The molecule has 7 nitrogen and oxygen atoms in total. The number of carbonyl (C=O) groups is 1. The number of hydrogen-bond donors (Lipinski definition) is 2. The van der Waals surface area contributed by atoms with Gasteiger partial charge in [0, 0.05) is 17.5 Å². The Morgan fingerprint density at radius 2 is 1.74 bits per heavy atom. The molecule has 0 saturated carbocycles. The Hall–Kier alpha value is -2.92. The predicted octanol–water partition coefficient (Wildman–Crippen LogP) is 5.34. The van der Waals surface area contributed by atoms with E-state index in [2.05, 4.69) is 24.1 Å². The molecule has 2 N–H and O–H groups in total. The summed E-state index contributed by atoms with van der Waals surface area (Å²) in [5.41, 5.74) is -1.61. The van der Waals surface area contributed by atoms with Crippen LogP contribution in [0.2, 0.25) is 0 Å². The Bertz CT molecular complexity index is 1060. The van der Waals surface area contributed by atoms with Crippen LogP contribution in [0.1, 0.15) is 69.6 Å². The van der Waals surface area contributed by atoms with Crippen molar-refractivity contribution in [1.82, 2.24) is 4.98 Å². The number of alkyl halides is 3. The Balaban J connectivity index is 0.00000137. The van der Waals surface area contributed by atoms with E-state index in [9.17, 15) is 18.0 Å². The predicted molar refractivity (Wildman–Crippen MR) is 130 cm³/mol. The molecule has 0 amide bonds. The van der Waals surface area contributed by atoms with Gasteiger partial charge in [0.15, 0.2) is 0 Å². The highest BCUT2D eigenvalue weighted by Crippen LogP contribution is 2.37. The number of nitrogens with zero attached hydrogens (tertiary/aromatic N) is 1. The number of aromatic nitrogens is 1. The zero-order valence-electron chi connectivity index (χ0n) is 21.0. The van der Waals surface area contributed by atoms with Gasteiger partial charge in [0.25, 0.3) is 0 Å². The zero-order valence-corrected chi connectivity index (χ0v) is 21.0. The lowest BCUT2D eigenvalue weighted by Crippen LogP contribution is -2.41. The maximum absolute atomic E-state index is 13.1. The fourth-order valence-corrected chi connectivity index (χ4v) is 3.13. The largest absolute Gasteiger partial charge is 0.494 e. The van der Waals surface area contributed by atoms with E-state index in [-0.39, 0.29) is 22.6 Å². The lowest BCUT2D eigenvalue weighted by molar-refractivity contribution is -0.141. The molecule has 0 bridgehead atoms. The topological polar surface area (TPSA) is 93.5 Å². The number of ether oxygens (including phenoxy) is 1. The maximum Gasteiger partial charge on any atom is 0.494 e. The van der Waals surface area contributed by atoms with Crippen LogP contribution in [-0.2, 0) is 20.2 Å². The molecule has 2 aromatic rings. The molecule has 1 aromatic carbocycles. The normalized spacial score (nSPS) is 16.2. The molecule has 2 heterocycles. The number of pyridine rings is 1. The summed E-state index contributed by atoms with van der Waals surface area (Å²) in [4.78, 5) is 16.0. The van der Waals surface area contributed by atoms with Gasteiger partial charge in [-0.2, -0.15) is 13.2 Å². The average molecular weight is 493 g/mol. The van der Waals surface area contributed by atoms with Crippen molar-refractivity contribution < 1.29 is 32.0 Å². The average Bonchev–Trinajstić information content (AvgIpc) is 2.99. The molecule has 1 aromatic heterocycles. The molecular formula is C24H31BF3N3O4. The Kier molecular flexibility index (Phi) is 8.72. The molecule has 1 saturated heterocycles. The molecule has 0 unspecified atom stereocenters. The summed E-state index contributed by atoms with van der Waals surface area (Å²) < 4.78 is 56.1. The molecule has 0 radical (unpaired) electrons. The van der Waals surface area contributed by atoms with Crippen molar-refractivity contribution in [2.24, 2.45) is 0 Å².